The number of pyridine rings is 1. The van der Waals surface area contributed by atoms with Gasteiger partial charge in [0.25, 0.3) is 5.91 Å². The first kappa shape index (κ1) is 22.7. The second-order valence-corrected chi connectivity index (χ2v) is 10.6. The number of rotatable bonds is 4. The van der Waals surface area contributed by atoms with Crippen molar-refractivity contribution in [1.82, 2.24) is 19.4 Å². The van der Waals surface area contributed by atoms with Crippen molar-refractivity contribution in [3.63, 3.8) is 0 Å². The molecule has 5 heterocycles. The smallest absolute Gasteiger partial charge is 0.253 e. The molecule has 0 atom stereocenters. The van der Waals surface area contributed by atoms with Gasteiger partial charge in [-0.05, 0) is 67.5 Å². The SMILES string of the molecule is CC1CCN(C(=O)c2ccc3c(c2)c2c(n3Cc3ccccn3)CCN(C3CCOCC3)C2)CC1. The summed E-state index contributed by atoms with van der Waals surface area (Å²) in [4.78, 5) is 22.7. The first-order valence-electron chi connectivity index (χ1n) is 13.3. The van der Waals surface area contributed by atoms with E-state index in [1.807, 2.05) is 23.2 Å². The molecule has 2 aromatic heterocycles. The van der Waals surface area contributed by atoms with Crippen molar-refractivity contribution >= 4 is 16.8 Å². The van der Waals surface area contributed by atoms with Gasteiger partial charge < -0.3 is 14.2 Å². The van der Waals surface area contributed by atoms with Crippen molar-refractivity contribution in [2.45, 2.75) is 58.2 Å². The Balaban J connectivity index is 1.37. The molecule has 6 heteroatoms. The second-order valence-electron chi connectivity index (χ2n) is 10.6. The average Bonchev–Trinajstić information content (AvgIpc) is 3.22. The van der Waals surface area contributed by atoms with Gasteiger partial charge in [-0.1, -0.05) is 13.0 Å². The maximum Gasteiger partial charge on any atom is 0.253 e. The lowest BCUT2D eigenvalue weighted by Gasteiger charge is -2.37. The number of fused-ring (bicyclic) bond motifs is 3. The zero-order valence-electron chi connectivity index (χ0n) is 20.8. The third-order valence-electron chi connectivity index (χ3n) is 8.35. The Morgan fingerprint density at radius 1 is 1.06 bits per heavy atom. The molecule has 0 spiro atoms. The van der Waals surface area contributed by atoms with E-state index in [1.54, 1.807) is 0 Å². The Morgan fingerprint density at radius 2 is 1.89 bits per heavy atom. The normalized spacial score (nSPS) is 20.3. The quantitative estimate of drug-likeness (QED) is 0.561. The number of carbonyl (C=O) groups is 1. The molecule has 0 radical (unpaired) electrons. The molecule has 0 bridgehead atoms. The molecule has 3 aliphatic rings. The lowest BCUT2D eigenvalue weighted by Crippen LogP contribution is -2.42. The highest BCUT2D eigenvalue weighted by Crippen LogP contribution is 2.34. The Labute approximate surface area is 207 Å². The van der Waals surface area contributed by atoms with Gasteiger partial charge in [-0.3, -0.25) is 14.7 Å². The van der Waals surface area contributed by atoms with E-state index in [9.17, 15) is 4.79 Å². The fourth-order valence-electron chi connectivity index (χ4n) is 6.19. The van der Waals surface area contributed by atoms with Gasteiger partial charge in [0.1, 0.15) is 0 Å². The van der Waals surface area contributed by atoms with Gasteiger partial charge in [-0.2, -0.15) is 0 Å². The lowest BCUT2D eigenvalue weighted by atomic mass is 9.97. The minimum atomic E-state index is 0.183. The minimum absolute atomic E-state index is 0.183. The molecule has 6 rings (SSSR count). The van der Waals surface area contributed by atoms with Crippen LogP contribution in [0.3, 0.4) is 0 Å². The topological polar surface area (TPSA) is 50.6 Å². The van der Waals surface area contributed by atoms with E-state index in [4.69, 9.17) is 4.74 Å². The fraction of sp³-hybridized carbons (Fsp3) is 0.517. The summed E-state index contributed by atoms with van der Waals surface area (Å²) in [5.41, 5.74) is 5.92. The lowest BCUT2D eigenvalue weighted by molar-refractivity contribution is 0.0289. The van der Waals surface area contributed by atoms with Crippen molar-refractivity contribution in [1.29, 1.82) is 0 Å². The van der Waals surface area contributed by atoms with Crippen LogP contribution in [0.25, 0.3) is 10.9 Å². The van der Waals surface area contributed by atoms with Crippen LogP contribution >= 0.6 is 0 Å². The standard InChI is InChI=1S/C29H36N4O2/c1-21-7-13-31(14-8-21)29(34)22-5-6-27-25(18-22)26-20-32(24-10-16-35-17-11-24)15-9-28(26)33(27)19-23-4-2-3-12-30-23/h2-6,12,18,21,24H,7-11,13-17,19-20H2,1H3. The number of amides is 1. The molecule has 2 fully saturated rings. The van der Waals surface area contributed by atoms with Crippen LogP contribution < -0.4 is 0 Å². The average molecular weight is 473 g/mol. The van der Waals surface area contributed by atoms with Gasteiger partial charge in [0.15, 0.2) is 0 Å². The molecule has 1 aromatic carbocycles. The van der Waals surface area contributed by atoms with Crippen LogP contribution in [0.5, 0.6) is 0 Å². The number of hydrogen-bond acceptors (Lipinski definition) is 4. The van der Waals surface area contributed by atoms with Crippen LogP contribution in [-0.2, 0) is 24.2 Å². The molecule has 0 saturated carbocycles. The van der Waals surface area contributed by atoms with Gasteiger partial charge in [0.05, 0.1) is 12.2 Å². The summed E-state index contributed by atoms with van der Waals surface area (Å²) in [6, 6.07) is 13.1. The maximum absolute atomic E-state index is 13.4. The summed E-state index contributed by atoms with van der Waals surface area (Å²) in [5.74, 6) is 0.896. The monoisotopic (exact) mass is 472 g/mol. The predicted octanol–water partition coefficient (Wildman–Crippen LogP) is 4.49. The van der Waals surface area contributed by atoms with Crippen molar-refractivity contribution in [3.8, 4) is 0 Å². The number of aromatic nitrogens is 2. The van der Waals surface area contributed by atoms with Crippen LogP contribution in [0.2, 0.25) is 0 Å². The highest BCUT2D eigenvalue weighted by molar-refractivity contribution is 5.99. The number of benzene rings is 1. The molecular formula is C29H36N4O2. The molecule has 184 valence electrons. The number of hydrogen-bond donors (Lipinski definition) is 0. The van der Waals surface area contributed by atoms with E-state index in [1.165, 1.54) is 22.2 Å². The van der Waals surface area contributed by atoms with E-state index < -0.39 is 0 Å². The number of carbonyl (C=O) groups excluding carboxylic acids is 1. The van der Waals surface area contributed by atoms with Crippen LogP contribution in [-0.4, -0.2) is 64.1 Å². The highest BCUT2D eigenvalue weighted by atomic mass is 16.5. The van der Waals surface area contributed by atoms with E-state index in [-0.39, 0.29) is 5.91 Å². The van der Waals surface area contributed by atoms with Gasteiger partial charge in [-0.15, -0.1) is 0 Å². The van der Waals surface area contributed by atoms with Crippen molar-refractivity contribution in [2.24, 2.45) is 5.92 Å². The fourth-order valence-corrected chi connectivity index (χ4v) is 6.19. The van der Waals surface area contributed by atoms with Gasteiger partial charge in [0.2, 0.25) is 0 Å². The molecular weight excluding hydrogens is 436 g/mol. The Hall–Kier alpha value is -2.70. The Kier molecular flexibility index (Phi) is 6.33. The molecule has 6 nitrogen and oxygen atoms in total. The van der Waals surface area contributed by atoms with Crippen molar-refractivity contribution < 1.29 is 9.53 Å². The zero-order chi connectivity index (χ0) is 23.8. The van der Waals surface area contributed by atoms with Crippen LogP contribution in [0.1, 0.15) is 59.9 Å². The number of nitrogens with zero attached hydrogens (tertiary/aromatic N) is 4. The maximum atomic E-state index is 13.4. The van der Waals surface area contributed by atoms with Gasteiger partial charge in [0, 0.05) is 80.2 Å². The Bertz CT molecular complexity index is 1190. The number of ether oxygens (including phenoxy) is 1. The third kappa shape index (κ3) is 4.50. The summed E-state index contributed by atoms with van der Waals surface area (Å²) in [6.45, 7) is 8.54. The van der Waals surface area contributed by atoms with E-state index in [0.717, 1.165) is 89.3 Å². The van der Waals surface area contributed by atoms with Crippen LogP contribution in [0, 0.1) is 5.92 Å². The second kappa shape index (κ2) is 9.75. The van der Waals surface area contributed by atoms with Crippen molar-refractivity contribution in [3.05, 3.63) is 65.1 Å². The summed E-state index contributed by atoms with van der Waals surface area (Å²) < 4.78 is 8.08. The largest absolute Gasteiger partial charge is 0.381 e. The summed E-state index contributed by atoms with van der Waals surface area (Å²) >= 11 is 0. The van der Waals surface area contributed by atoms with E-state index in [0.29, 0.717) is 12.0 Å². The molecule has 0 N–H and O–H groups in total. The van der Waals surface area contributed by atoms with Crippen LogP contribution in [0.15, 0.2) is 42.6 Å². The highest BCUT2D eigenvalue weighted by Gasteiger charge is 2.30. The zero-order valence-corrected chi connectivity index (χ0v) is 20.8. The van der Waals surface area contributed by atoms with Gasteiger partial charge in [-0.25, -0.2) is 0 Å². The minimum Gasteiger partial charge on any atom is -0.381 e. The van der Waals surface area contributed by atoms with Crippen molar-refractivity contribution in [2.75, 3.05) is 32.8 Å². The predicted molar refractivity (Wildman–Crippen MR) is 138 cm³/mol. The van der Waals surface area contributed by atoms with E-state index in [2.05, 4.69) is 45.6 Å². The molecule has 0 unspecified atom stereocenters. The Morgan fingerprint density at radius 3 is 2.66 bits per heavy atom. The summed E-state index contributed by atoms with van der Waals surface area (Å²) in [5, 5.41) is 1.24. The third-order valence-corrected chi connectivity index (χ3v) is 8.35. The van der Waals surface area contributed by atoms with E-state index >= 15 is 0 Å². The molecule has 3 aromatic rings. The summed E-state index contributed by atoms with van der Waals surface area (Å²) in [6.07, 6.45) is 7.32. The first-order chi connectivity index (χ1) is 17.2. The number of likely N-dealkylation sites (tertiary alicyclic amines) is 1. The molecule has 0 aliphatic carbocycles. The van der Waals surface area contributed by atoms with Crippen LogP contribution in [0.4, 0.5) is 0 Å². The molecule has 1 amide bonds. The molecule has 3 aliphatic heterocycles. The first-order valence-corrected chi connectivity index (χ1v) is 13.3. The number of piperidine rings is 1. The summed E-state index contributed by atoms with van der Waals surface area (Å²) in [7, 11) is 0. The van der Waals surface area contributed by atoms with Gasteiger partial charge >= 0.3 is 0 Å². The molecule has 35 heavy (non-hydrogen) atoms. The molecule has 2 saturated heterocycles.